The fourth-order valence-electron chi connectivity index (χ4n) is 2.90. The zero-order chi connectivity index (χ0) is 14.5. The van der Waals surface area contributed by atoms with Gasteiger partial charge in [0, 0.05) is 29.9 Å². The summed E-state index contributed by atoms with van der Waals surface area (Å²) >= 11 is 1.58. The molecule has 0 radical (unpaired) electrons. The molecule has 20 heavy (non-hydrogen) atoms. The van der Waals surface area contributed by atoms with Crippen LogP contribution in [-0.2, 0) is 4.79 Å². The molecule has 1 saturated heterocycles. The second-order valence-corrected chi connectivity index (χ2v) is 6.53. The van der Waals surface area contributed by atoms with Crippen LogP contribution in [0.2, 0.25) is 0 Å². The lowest BCUT2D eigenvalue weighted by molar-refractivity contribution is -0.136. The van der Waals surface area contributed by atoms with E-state index in [0.717, 1.165) is 24.3 Å². The van der Waals surface area contributed by atoms with Crippen molar-refractivity contribution in [2.24, 2.45) is 5.92 Å². The maximum atomic E-state index is 12.4. The van der Waals surface area contributed by atoms with Crippen LogP contribution in [0.25, 0.3) is 0 Å². The molecule has 5 heteroatoms. The van der Waals surface area contributed by atoms with Crippen molar-refractivity contribution in [3.63, 3.8) is 0 Å². The van der Waals surface area contributed by atoms with Crippen LogP contribution in [0.1, 0.15) is 37.2 Å². The van der Waals surface area contributed by atoms with Crippen LogP contribution < -0.4 is 5.32 Å². The summed E-state index contributed by atoms with van der Waals surface area (Å²) in [7, 11) is 1.87. The third-order valence-electron chi connectivity index (χ3n) is 3.96. The largest absolute Gasteiger partial charge is 0.387 e. The number of nitrogens with zero attached hydrogens (tertiary/aromatic N) is 1. The molecular formula is C15H24N2O2S. The van der Waals surface area contributed by atoms with Crippen molar-refractivity contribution in [1.29, 1.82) is 0 Å². The molecule has 0 aromatic carbocycles. The monoisotopic (exact) mass is 296 g/mol. The number of aliphatic hydroxyl groups excluding tert-OH is 1. The van der Waals surface area contributed by atoms with Crippen molar-refractivity contribution in [2.45, 2.75) is 38.3 Å². The van der Waals surface area contributed by atoms with Crippen molar-refractivity contribution >= 4 is 17.2 Å². The first-order valence-electron chi connectivity index (χ1n) is 7.30. The molecule has 1 aliphatic rings. The molecule has 0 aliphatic carbocycles. The van der Waals surface area contributed by atoms with E-state index in [1.165, 1.54) is 0 Å². The van der Waals surface area contributed by atoms with Crippen LogP contribution in [0.5, 0.6) is 0 Å². The summed E-state index contributed by atoms with van der Waals surface area (Å²) in [4.78, 5) is 15.4. The van der Waals surface area contributed by atoms with E-state index in [1.54, 1.807) is 11.3 Å². The normalized spacial score (nSPS) is 21.9. The first-order chi connectivity index (χ1) is 9.63. The summed E-state index contributed by atoms with van der Waals surface area (Å²) in [6.07, 6.45) is 2.24. The van der Waals surface area contributed by atoms with Gasteiger partial charge in [0.1, 0.15) is 0 Å². The fourth-order valence-corrected chi connectivity index (χ4v) is 3.63. The summed E-state index contributed by atoms with van der Waals surface area (Å²) in [5.41, 5.74) is 0. The van der Waals surface area contributed by atoms with Gasteiger partial charge in [0.25, 0.3) is 0 Å². The number of carbonyl (C=O) groups is 1. The van der Waals surface area contributed by atoms with Crippen LogP contribution in [0.3, 0.4) is 0 Å². The van der Waals surface area contributed by atoms with Crippen LogP contribution in [-0.4, -0.2) is 42.1 Å². The Labute approximate surface area is 124 Å². The van der Waals surface area contributed by atoms with Gasteiger partial charge in [0.15, 0.2) is 0 Å². The molecule has 1 fully saturated rings. The first-order valence-corrected chi connectivity index (χ1v) is 8.18. The molecule has 2 rings (SSSR count). The fraction of sp³-hybridized carbons (Fsp3) is 0.667. The van der Waals surface area contributed by atoms with Gasteiger partial charge in [-0.15, -0.1) is 11.3 Å². The Morgan fingerprint density at radius 3 is 3.10 bits per heavy atom. The lowest BCUT2D eigenvalue weighted by Gasteiger charge is -2.28. The topological polar surface area (TPSA) is 52.6 Å². The number of nitrogens with one attached hydrogen (secondary N) is 1. The average molecular weight is 296 g/mol. The van der Waals surface area contributed by atoms with Crippen molar-refractivity contribution in [3.8, 4) is 0 Å². The van der Waals surface area contributed by atoms with E-state index in [1.807, 2.05) is 36.4 Å². The minimum atomic E-state index is -0.451. The molecule has 0 bridgehead atoms. The van der Waals surface area contributed by atoms with E-state index in [-0.39, 0.29) is 17.9 Å². The van der Waals surface area contributed by atoms with E-state index in [4.69, 9.17) is 0 Å². The van der Waals surface area contributed by atoms with E-state index in [2.05, 4.69) is 5.32 Å². The number of rotatable bonds is 6. The van der Waals surface area contributed by atoms with Gasteiger partial charge in [-0.3, -0.25) is 4.79 Å². The van der Waals surface area contributed by atoms with E-state index in [0.29, 0.717) is 13.0 Å². The van der Waals surface area contributed by atoms with Crippen molar-refractivity contribution < 1.29 is 9.90 Å². The van der Waals surface area contributed by atoms with Gasteiger partial charge >= 0.3 is 0 Å². The van der Waals surface area contributed by atoms with Crippen LogP contribution in [0.15, 0.2) is 17.5 Å². The minimum Gasteiger partial charge on any atom is -0.387 e. The van der Waals surface area contributed by atoms with Crippen LogP contribution in [0, 0.1) is 5.92 Å². The zero-order valence-corrected chi connectivity index (χ0v) is 13.0. The highest BCUT2D eigenvalue weighted by Crippen LogP contribution is 2.30. The number of thiophene rings is 1. The second-order valence-electron chi connectivity index (χ2n) is 5.55. The standard InChI is InChI=1S/C15H24N2O2S/c1-11(10-16-2)15(19)17-7-3-5-12(17)9-13(18)14-6-4-8-20-14/h4,6,8,11-13,16,18H,3,5,7,9-10H2,1-2H3. The molecule has 3 unspecified atom stereocenters. The third kappa shape index (κ3) is 3.59. The SMILES string of the molecule is CNCC(C)C(=O)N1CCCC1CC(O)c1cccs1. The number of hydrogen-bond donors (Lipinski definition) is 2. The lowest BCUT2D eigenvalue weighted by Crippen LogP contribution is -2.42. The van der Waals surface area contributed by atoms with Gasteiger partial charge in [-0.05, 0) is 37.8 Å². The van der Waals surface area contributed by atoms with Crippen molar-refractivity contribution in [3.05, 3.63) is 22.4 Å². The molecular weight excluding hydrogens is 272 g/mol. The predicted octanol–water partition coefficient (Wildman–Crippen LogP) is 2.02. The maximum absolute atomic E-state index is 12.4. The molecule has 1 aromatic rings. The number of carbonyl (C=O) groups excluding carboxylic acids is 1. The quantitative estimate of drug-likeness (QED) is 0.844. The van der Waals surface area contributed by atoms with Crippen LogP contribution in [0.4, 0.5) is 0 Å². The number of hydrogen-bond acceptors (Lipinski definition) is 4. The molecule has 1 amide bonds. The number of likely N-dealkylation sites (tertiary alicyclic amines) is 1. The van der Waals surface area contributed by atoms with Gasteiger partial charge < -0.3 is 15.3 Å². The highest BCUT2D eigenvalue weighted by atomic mass is 32.1. The first kappa shape index (κ1) is 15.5. The predicted molar refractivity (Wildman–Crippen MR) is 81.7 cm³/mol. The number of amides is 1. The Morgan fingerprint density at radius 2 is 2.45 bits per heavy atom. The Hall–Kier alpha value is -0.910. The smallest absolute Gasteiger partial charge is 0.226 e. The van der Waals surface area contributed by atoms with Crippen molar-refractivity contribution in [2.75, 3.05) is 20.1 Å². The molecule has 1 aromatic heterocycles. The Morgan fingerprint density at radius 1 is 1.65 bits per heavy atom. The Bertz CT molecular complexity index is 422. The number of aliphatic hydroxyl groups is 1. The molecule has 0 spiro atoms. The summed E-state index contributed by atoms with van der Waals surface area (Å²) in [5.74, 6) is 0.208. The molecule has 3 atom stereocenters. The molecule has 2 heterocycles. The highest BCUT2D eigenvalue weighted by Gasteiger charge is 2.32. The zero-order valence-electron chi connectivity index (χ0n) is 12.2. The van der Waals surface area contributed by atoms with Gasteiger partial charge in [0.2, 0.25) is 5.91 Å². The van der Waals surface area contributed by atoms with E-state index in [9.17, 15) is 9.90 Å². The Balaban J connectivity index is 1.95. The average Bonchev–Trinajstić information content (AvgIpc) is 3.09. The third-order valence-corrected chi connectivity index (χ3v) is 4.93. The molecule has 112 valence electrons. The summed E-state index contributed by atoms with van der Waals surface area (Å²) in [6, 6.07) is 4.09. The molecule has 0 saturated carbocycles. The van der Waals surface area contributed by atoms with E-state index < -0.39 is 6.10 Å². The summed E-state index contributed by atoms with van der Waals surface area (Å²) < 4.78 is 0. The minimum absolute atomic E-state index is 0.000481. The Kier molecular flexibility index (Phi) is 5.57. The van der Waals surface area contributed by atoms with Crippen LogP contribution >= 0.6 is 11.3 Å². The van der Waals surface area contributed by atoms with E-state index >= 15 is 0 Å². The van der Waals surface area contributed by atoms with Gasteiger partial charge in [-0.25, -0.2) is 0 Å². The second kappa shape index (κ2) is 7.20. The van der Waals surface area contributed by atoms with Gasteiger partial charge in [-0.1, -0.05) is 13.0 Å². The van der Waals surface area contributed by atoms with Gasteiger partial charge in [-0.2, -0.15) is 0 Å². The maximum Gasteiger partial charge on any atom is 0.226 e. The van der Waals surface area contributed by atoms with Crippen molar-refractivity contribution in [1.82, 2.24) is 10.2 Å². The molecule has 4 nitrogen and oxygen atoms in total. The van der Waals surface area contributed by atoms with Gasteiger partial charge in [0.05, 0.1) is 6.10 Å². The highest BCUT2D eigenvalue weighted by molar-refractivity contribution is 7.10. The lowest BCUT2D eigenvalue weighted by atomic mass is 10.0. The summed E-state index contributed by atoms with van der Waals surface area (Å²) in [5, 5.41) is 15.3. The molecule has 2 N–H and O–H groups in total. The molecule has 1 aliphatic heterocycles. The summed E-state index contributed by atoms with van der Waals surface area (Å²) in [6.45, 7) is 3.49.